The molecule has 0 unspecified atom stereocenters. The van der Waals surface area contributed by atoms with Gasteiger partial charge in [0.05, 0.1) is 0 Å². The van der Waals surface area contributed by atoms with Crippen LogP contribution in [0.25, 0.3) is 0 Å². The fourth-order valence-electron chi connectivity index (χ4n) is 0.152. The maximum atomic E-state index is 4.35. The molecular weight excluding hydrogens is 117 g/mol. The Labute approximate surface area is 47.5 Å². The summed E-state index contributed by atoms with van der Waals surface area (Å²) in [5.74, 6) is 0. The minimum Gasteiger partial charge on any atom is -0.632 e. The van der Waals surface area contributed by atoms with E-state index in [-0.39, 0.29) is 18.6 Å². The van der Waals surface area contributed by atoms with Crippen LogP contribution in [-0.4, -0.2) is 4.98 Å². The first-order valence-electron chi connectivity index (χ1n) is 1.24. The van der Waals surface area contributed by atoms with E-state index in [1.54, 1.807) is 0 Å². The molecule has 0 saturated heterocycles. The van der Waals surface area contributed by atoms with Crippen molar-refractivity contribution in [2.45, 2.75) is 0 Å². The third-order valence-corrected chi connectivity index (χ3v) is 0.309. The zero-order valence-electron chi connectivity index (χ0n) is 2.96. The molecule has 0 aliphatic rings. The van der Waals surface area contributed by atoms with E-state index in [1.807, 2.05) is 0 Å². The van der Waals surface area contributed by atoms with Crippen molar-refractivity contribution in [1.82, 2.24) is 4.98 Å². The second kappa shape index (κ2) is 3.00. The Balaban J connectivity index is 0.000000250. The number of aromatic nitrogens is 1. The number of hydrogen-bond donors (Lipinski definition) is 0. The monoisotopic (exact) mass is 119 g/mol. The predicted molar refractivity (Wildman–Crippen MR) is 15.3 cm³/mol. The second-order valence-electron chi connectivity index (χ2n) is 0.619. The molecule has 1 aromatic heterocycles. The van der Waals surface area contributed by atoms with Gasteiger partial charge in [-0.25, -0.2) is 0 Å². The Bertz CT molecular complexity index is 67.3. The number of oxazole rings is 1. The Morgan fingerprint density at radius 1 is 1.67 bits per heavy atom. The molecule has 0 aliphatic heterocycles. The minimum atomic E-state index is 0. The molecule has 0 saturated carbocycles. The molecule has 0 fully saturated rings. The summed E-state index contributed by atoms with van der Waals surface area (Å²) in [5, 5.41) is 0. The van der Waals surface area contributed by atoms with E-state index in [1.165, 1.54) is 12.6 Å². The molecular formula is C3H2NOV-. The molecule has 3 heteroatoms. The van der Waals surface area contributed by atoms with Crippen LogP contribution in [0.15, 0.2) is 17.0 Å². The van der Waals surface area contributed by atoms with Gasteiger partial charge in [0.25, 0.3) is 0 Å². The molecule has 0 N–H and O–H groups in total. The summed E-state index contributed by atoms with van der Waals surface area (Å²) >= 11 is 0. The normalized spacial score (nSPS) is 6.67. The van der Waals surface area contributed by atoms with Crippen LogP contribution in [-0.2, 0) is 18.6 Å². The van der Waals surface area contributed by atoms with Crippen molar-refractivity contribution in [1.29, 1.82) is 0 Å². The van der Waals surface area contributed by atoms with Gasteiger partial charge in [-0.2, -0.15) is 0 Å². The second-order valence-corrected chi connectivity index (χ2v) is 0.619. The Kier molecular flexibility index (Phi) is 2.90. The molecule has 1 aromatic rings. The first-order chi connectivity index (χ1) is 2.50. The Hall–Kier alpha value is -0.206. The average Bonchev–Trinajstić information content (AvgIpc) is 1.76. The summed E-state index contributed by atoms with van der Waals surface area (Å²) in [6.07, 6.45) is 5.15. The largest absolute Gasteiger partial charge is 0.632 e. The van der Waals surface area contributed by atoms with Crippen LogP contribution in [0, 0.1) is 6.26 Å². The molecule has 0 atom stereocenters. The Morgan fingerprint density at radius 3 is 2.67 bits per heavy atom. The number of nitrogens with zero attached hydrogens (tertiary/aromatic N) is 1. The van der Waals surface area contributed by atoms with Crippen molar-refractivity contribution in [2.24, 2.45) is 0 Å². The van der Waals surface area contributed by atoms with Crippen molar-refractivity contribution < 1.29 is 23.0 Å². The first kappa shape index (κ1) is 5.79. The number of hydrogen-bond acceptors (Lipinski definition) is 2. The standard InChI is InChI=1S/C3H2NO.V/c1-2-5-3-4-1;/h1,3H;/q-1;. The summed E-state index contributed by atoms with van der Waals surface area (Å²) in [6, 6.07) is 0. The van der Waals surface area contributed by atoms with E-state index in [4.69, 9.17) is 0 Å². The molecule has 6 heavy (non-hydrogen) atoms. The van der Waals surface area contributed by atoms with Crippen LogP contribution in [0.4, 0.5) is 0 Å². The van der Waals surface area contributed by atoms with Gasteiger partial charge in [0.15, 0.2) is 0 Å². The van der Waals surface area contributed by atoms with E-state index in [9.17, 15) is 0 Å². The van der Waals surface area contributed by atoms with Gasteiger partial charge in [-0.05, 0) is 6.20 Å². The molecule has 0 aromatic carbocycles. The Morgan fingerprint density at radius 2 is 2.50 bits per heavy atom. The van der Waals surface area contributed by atoms with E-state index >= 15 is 0 Å². The molecule has 1 radical (unpaired) electrons. The van der Waals surface area contributed by atoms with Gasteiger partial charge in [-0.3, -0.25) is 0 Å². The zero-order valence-corrected chi connectivity index (χ0v) is 4.35. The summed E-state index contributed by atoms with van der Waals surface area (Å²) in [4.78, 5) is 3.50. The summed E-state index contributed by atoms with van der Waals surface area (Å²) in [7, 11) is 0. The van der Waals surface area contributed by atoms with Gasteiger partial charge >= 0.3 is 0 Å². The van der Waals surface area contributed by atoms with Gasteiger partial charge in [0.2, 0.25) is 0 Å². The van der Waals surface area contributed by atoms with E-state index in [0.717, 1.165) is 0 Å². The molecule has 31 valence electrons. The summed E-state index contributed by atoms with van der Waals surface area (Å²) in [6.45, 7) is 0. The fourth-order valence-corrected chi connectivity index (χ4v) is 0.152. The molecule has 0 aliphatic carbocycles. The van der Waals surface area contributed by atoms with Crippen molar-refractivity contribution in [2.75, 3.05) is 0 Å². The maximum absolute atomic E-state index is 4.35. The smallest absolute Gasteiger partial charge is 0.0198 e. The third kappa shape index (κ3) is 1.29. The van der Waals surface area contributed by atoms with E-state index < -0.39 is 0 Å². The van der Waals surface area contributed by atoms with Crippen LogP contribution < -0.4 is 0 Å². The fraction of sp³-hybridized carbons (Fsp3) is 0. The first-order valence-corrected chi connectivity index (χ1v) is 1.24. The van der Waals surface area contributed by atoms with Gasteiger partial charge in [-0.15, -0.1) is 0 Å². The predicted octanol–water partition coefficient (Wildman–Crippen LogP) is 0.472. The van der Waals surface area contributed by atoms with Crippen molar-refractivity contribution in [3.8, 4) is 0 Å². The molecule has 0 bridgehead atoms. The van der Waals surface area contributed by atoms with Gasteiger partial charge in [-0.1, -0.05) is 6.26 Å². The van der Waals surface area contributed by atoms with Crippen molar-refractivity contribution in [3.05, 3.63) is 18.9 Å². The molecule has 1 heterocycles. The minimum absolute atomic E-state index is 0. The van der Waals surface area contributed by atoms with Gasteiger partial charge < -0.3 is 9.40 Å². The van der Waals surface area contributed by atoms with Gasteiger partial charge in [0.1, 0.15) is 0 Å². The summed E-state index contributed by atoms with van der Waals surface area (Å²) in [5.41, 5.74) is 0. The van der Waals surface area contributed by atoms with Crippen LogP contribution >= 0.6 is 0 Å². The quantitative estimate of drug-likeness (QED) is 0.464. The molecule has 0 spiro atoms. The SMILES string of the molecule is [V].[c-]1cnco1. The third-order valence-electron chi connectivity index (χ3n) is 0.309. The van der Waals surface area contributed by atoms with E-state index in [2.05, 4.69) is 15.7 Å². The van der Waals surface area contributed by atoms with Crippen LogP contribution in [0.1, 0.15) is 0 Å². The van der Waals surface area contributed by atoms with Crippen molar-refractivity contribution in [3.63, 3.8) is 0 Å². The topological polar surface area (TPSA) is 26.0 Å². The molecule has 2 nitrogen and oxygen atoms in total. The molecule has 1 rings (SSSR count). The summed E-state index contributed by atoms with van der Waals surface area (Å²) < 4.78 is 4.35. The van der Waals surface area contributed by atoms with Crippen molar-refractivity contribution >= 4 is 0 Å². The average molecular weight is 119 g/mol. The van der Waals surface area contributed by atoms with Gasteiger partial charge in [0, 0.05) is 24.9 Å². The number of rotatable bonds is 0. The zero-order chi connectivity index (χ0) is 3.54. The maximum Gasteiger partial charge on any atom is 0.0198 e. The van der Waals surface area contributed by atoms with E-state index in [0.29, 0.717) is 0 Å². The molecule has 0 amide bonds. The van der Waals surface area contributed by atoms with Crippen LogP contribution in [0.5, 0.6) is 0 Å². The van der Waals surface area contributed by atoms with Crippen LogP contribution in [0.3, 0.4) is 0 Å². The van der Waals surface area contributed by atoms with Crippen LogP contribution in [0.2, 0.25) is 0 Å².